The standard InChI is InChI=1S/C26H25N5O4/c1-2-23(32)30-15-18-9-8-17(30)16-31(18)26-28-14-22(24(27)33)25(29-26)35-21-12-10-20(11-13-21)34-19-6-4-3-5-7-19/h2-7,10-14,17-18H,1,8-9,15-16H2,(H2,27,33). The van der Waals surface area contributed by atoms with Crippen molar-refractivity contribution in [1.82, 2.24) is 14.9 Å². The molecule has 6 rings (SSSR count). The smallest absolute Gasteiger partial charge is 0.255 e. The molecular weight excluding hydrogens is 446 g/mol. The molecule has 3 fully saturated rings. The van der Waals surface area contributed by atoms with Gasteiger partial charge in [-0.05, 0) is 55.3 Å². The lowest BCUT2D eigenvalue weighted by atomic mass is 9.91. The molecule has 3 saturated heterocycles. The molecule has 0 spiro atoms. The van der Waals surface area contributed by atoms with Gasteiger partial charge in [-0.15, -0.1) is 0 Å². The second-order valence-corrected chi connectivity index (χ2v) is 8.47. The number of piperidine rings is 2. The van der Waals surface area contributed by atoms with Gasteiger partial charge in [0.15, 0.2) is 0 Å². The van der Waals surface area contributed by atoms with Gasteiger partial charge in [0, 0.05) is 31.4 Å². The Kier molecular flexibility index (Phi) is 6.05. The van der Waals surface area contributed by atoms with Crippen molar-refractivity contribution in [1.29, 1.82) is 0 Å². The van der Waals surface area contributed by atoms with E-state index in [4.69, 9.17) is 15.2 Å². The van der Waals surface area contributed by atoms with Crippen LogP contribution in [0.3, 0.4) is 0 Å². The van der Waals surface area contributed by atoms with Crippen molar-refractivity contribution >= 4 is 17.8 Å². The molecular formula is C26H25N5O4. The average Bonchev–Trinajstić information content (AvgIpc) is 2.90. The number of piperazine rings is 1. The van der Waals surface area contributed by atoms with E-state index in [2.05, 4.69) is 21.4 Å². The van der Waals surface area contributed by atoms with Crippen molar-refractivity contribution in [3.05, 3.63) is 79.0 Å². The zero-order valence-electron chi connectivity index (χ0n) is 19.0. The summed E-state index contributed by atoms with van der Waals surface area (Å²) in [6, 6.07) is 16.6. The summed E-state index contributed by atoms with van der Waals surface area (Å²) < 4.78 is 11.8. The largest absolute Gasteiger partial charge is 0.457 e. The second-order valence-electron chi connectivity index (χ2n) is 8.47. The minimum atomic E-state index is -0.682. The summed E-state index contributed by atoms with van der Waals surface area (Å²) in [4.78, 5) is 37.0. The number of ether oxygens (including phenoxy) is 2. The number of benzene rings is 2. The third-order valence-corrected chi connectivity index (χ3v) is 6.27. The molecule has 2 N–H and O–H groups in total. The number of nitrogens with zero attached hydrogens (tertiary/aromatic N) is 4. The first-order chi connectivity index (χ1) is 17.0. The molecule has 2 amide bonds. The van der Waals surface area contributed by atoms with Crippen molar-refractivity contribution in [2.75, 3.05) is 18.0 Å². The third kappa shape index (κ3) is 4.65. The molecule has 1 aromatic heterocycles. The highest BCUT2D eigenvalue weighted by atomic mass is 16.5. The topological polar surface area (TPSA) is 111 Å². The maximum atomic E-state index is 12.2. The molecule has 3 aliphatic heterocycles. The first kappa shape index (κ1) is 22.4. The summed E-state index contributed by atoms with van der Waals surface area (Å²) in [5.74, 6) is 1.62. The maximum Gasteiger partial charge on any atom is 0.255 e. The van der Waals surface area contributed by atoms with Gasteiger partial charge in [0.25, 0.3) is 5.91 Å². The Bertz CT molecular complexity index is 1250. The minimum Gasteiger partial charge on any atom is -0.457 e. The monoisotopic (exact) mass is 471 g/mol. The fourth-order valence-electron chi connectivity index (χ4n) is 4.52. The van der Waals surface area contributed by atoms with E-state index in [0.29, 0.717) is 30.5 Å². The van der Waals surface area contributed by atoms with E-state index in [1.807, 2.05) is 35.2 Å². The Morgan fingerprint density at radius 2 is 1.60 bits per heavy atom. The Labute approximate surface area is 202 Å². The molecule has 2 unspecified atom stereocenters. The molecule has 35 heavy (non-hydrogen) atoms. The number of carbonyl (C=O) groups excluding carboxylic acids is 2. The summed E-state index contributed by atoms with van der Waals surface area (Å²) in [5.41, 5.74) is 5.64. The molecule has 2 aromatic carbocycles. The number of para-hydroxylation sites is 1. The Morgan fingerprint density at radius 1 is 0.943 bits per heavy atom. The molecule has 0 saturated carbocycles. The number of fused-ring (bicyclic) bond motifs is 3. The lowest BCUT2D eigenvalue weighted by Gasteiger charge is -2.51. The highest BCUT2D eigenvalue weighted by Crippen LogP contribution is 2.33. The number of nitrogens with two attached hydrogens (primary N) is 1. The highest BCUT2D eigenvalue weighted by Gasteiger charge is 2.41. The van der Waals surface area contributed by atoms with Crippen LogP contribution < -0.4 is 20.1 Å². The van der Waals surface area contributed by atoms with Crippen LogP contribution in [0.2, 0.25) is 0 Å². The highest BCUT2D eigenvalue weighted by molar-refractivity contribution is 5.95. The SMILES string of the molecule is C=CC(=O)N1CC2CCC1CN2c1ncc(C(N)=O)c(Oc2ccc(Oc3ccccc3)cc2)n1. The van der Waals surface area contributed by atoms with Gasteiger partial charge in [0.2, 0.25) is 17.7 Å². The fraction of sp³-hybridized carbons (Fsp3) is 0.231. The van der Waals surface area contributed by atoms with Crippen LogP contribution in [-0.2, 0) is 4.79 Å². The number of hydrogen-bond donors (Lipinski definition) is 1. The number of hydrogen-bond acceptors (Lipinski definition) is 7. The predicted molar refractivity (Wildman–Crippen MR) is 130 cm³/mol. The molecule has 9 heteroatoms. The van der Waals surface area contributed by atoms with Gasteiger partial charge in [-0.2, -0.15) is 4.98 Å². The first-order valence-electron chi connectivity index (χ1n) is 11.4. The normalized spacial score (nSPS) is 18.7. The van der Waals surface area contributed by atoms with Gasteiger partial charge < -0.3 is 25.0 Å². The third-order valence-electron chi connectivity index (χ3n) is 6.27. The zero-order chi connectivity index (χ0) is 24.4. The molecule has 3 aromatic rings. The lowest BCUT2D eigenvalue weighted by Crippen LogP contribution is -2.64. The van der Waals surface area contributed by atoms with E-state index in [9.17, 15) is 9.59 Å². The van der Waals surface area contributed by atoms with Crippen LogP contribution in [-0.4, -0.2) is 51.9 Å². The Balaban J connectivity index is 1.35. The van der Waals surface area contributed by atoms with Gasteiger partial charge >= 0.3 is 0 Å². The van der Waals surface area contributed by atoms with Crippen molar-refractivity contribution in [3.63, 3.8) is 0 Å². The number of rotatable bonds is 7. The van der Waals surface area contributed by atoms with Gasteiger partial charge in [0.1, 0.15) is 22.8 Å². The zero-order valence-corrected chi connectivity index (χ0v) is 19.0. The Morgan fingerprint density at radius 3 is 2.23 bits per heavy atom. The maximum absolute atomic E-state index is 12.2. The van der Waals surface area contributed by atoms with E-state index >= 15 is 0 Å². The molecule has 0 aliphatic carbocycles. The average molecular weight is 472 g/mol. The quantitative estimate of drug-likeness (QED) is 0.525. The van der Waals surface area contributed by atoms with Gasteiger partial charge in [-0.1, -0.05) is 24.8 Å². The van der Waals surface area contributed by atoms with Crippen molar-refractivity contribution in [2.45, 2.75) is 24.9 Å². The van der Waals surface area contributed by atoms with E-state index in [1.165, 1.54) is 12.3 Å². The molecule has 0 radical (unpaired) electrons. The van der Waals surface area contributed by atoms with Crippen LogP contribution in [0.4, 0.5) is 5.95 Å². The summed E-state index contributed by atoms with van der Waals surface area (Å²) in [6.07, 6.45) is 4.58. The van der Waals surface area contributed by atoms with Crippen molar-refractivity contribution in [3.8, 4) is 23.1 Å². The number of anilines is 1. The fourth-order valence-corrected chi connectivity index (χ4v) is 4.52. The number of amides is 2. The molecule has 2 bridgehead atoms. The molecule has 4 heterocycles. The van der Waals surface area contributed by atoms with Crippen molar-refractivity contribution < 1.29 is 19.1 Å². The molecule has 9 nitrogen and oxygen atoms in total. The van der Waals surface area contributed by atoms with Crippen LogP contribution >= 0.6 is 0 Å². The Hall–Kier alpha value is -4.40. The van der Waals surface area contributed by atoms with Crippen LogP contribution in [0, 0.1) is 0 Å². The minimum absolute atomic E-state index is 0.0615. The summed E-state index contributed by atoms with van der Waals surface area (Å²) >= 11 is 0. The molecule has 2 atom stereocenters. The summed E-state index contributed by atoms with van der Waals surface area (Å²) in [5, 5.41) is 0. The van der Waals surface area contributed by atoms with Gasteiger partial charge in [0.05, 0.1) is 0 Å². The molecule has 3 aliphatic rings. The number of aromatic nitrogens is 2. The number of carbonyl (C=O) groups is 2. The van der Waals surface area contributed by atoms with Gasteiger partial charge in [-0.25, -0.2) is 4.98 Å². The van der Waals surface area contributed by atoms with E-state index in [-0.39, 0.29) is 29.4 Å². The van der Waals surface area contributed by atoms with Crippen LogP contribution in [0.25, 0.3) is 0 Å². The van der Waals surface area contributed by atoms with Gasteiger partial charge in [-0.3, -0.25) is 9.59 Å². The predicted octanol–water partition coefficient (Wildman–Crippen LogP) is 3.53. The van der Waals surface area contributed by atoms with Crippen LogP contribution in [0.5, 0.6) is 23.1 Å². The van der Waals surface area contributed by atoms with E-state index in [1.54, 1.807) is 24.3 Å². The summed E-state index contributed by atoms with van der Waals surface area (Å²) in [6.45, 7) is 4.78. The number of primary amides is 1. The van der Waals surface area contributed by atoms with Crippen LogP contribution in [0.15, 0.2) is 73.4 Å². The summed E-state index contributed by atoms with van der Waals surface area (Å²) in [7, 11) is 0. The van der Waals surface area contributed by atoms with Crippen molar-refractivity contribution in [2.24, 2.45) is 5.73 Å². The van der Waals surface area contributed by atoms with E-state index in [0.717, 1.165) is 18.6 Å². The first-order valence-corrected chi connectivity index (χ1v) is 11.4. The lowest BCUT2D eigenvalue weighted by molar-refractivity contribution is -0.131. The van der Waals surface area contributed by atoms with Crippen LogP contribution in [0.1, 0.15) is 23.2 Å². The second kappa shape index (κ2) is 9.46. The molecule has 178 valence electrons. The van der Waals surface area contributed by atoms with E-state index < -0.39 is 5.91 Å².